The summed E-state index contributed by atoms with van der Waals surface area (Å²) in [6.07, 6.45) is 0. The molecule has 0 heterocycles. The molecule has 0 atom stereocenters. The number of hydrogen-bond donors (Lipinski definition) is 0. The van der Waals surface area contributed by atoms with E-state index in [1.54, 1.807) is 0 Å². The number of benzene rings is 6. The second-order valence-corrected chi connectivity index (χ2v) is 10.1. The minimum Gasteiger partial charge on any atom is -0.0622 e. The summed E-state index contributed by atoms with van der Waals surface area (Å²) < 4.78 is 0. The fourth-order valence-electron chi connectivity index (χ4n) is 6.19. The van der Waals surface area contributed by atoms with E-state index in [0.29, 0.717) is 0 Å². The number of rotatable bonds is 2. The molecule has 0 amide bonds. The van der Waals surface area contributed by atoms with Gasteiger partial charge in [-0.3, -0.25) is 0 Å². The zero-order valence-corrected chi connectivity index (χ0v) is 20.0. The molecule has 7 rings (SSSR count). The number of fused-ring (bicyclic) bond motifs is 4. The molecule has 0 fully saturated rings. The minimum absolute atomic E-state index is 0.0556. The zero-order valence-electron chi connectivity index (χ0n) is 20.0. The first kappa shape index (κ1) is 20.2. The molecular formula is C35H26. The minimum atomic E-state index is -0.0556. The smallest absolute Gasteiger partial charge is 0.0159 e. The predicted molar refractivity (Wildman–Crippen MR) is 150 cm³/mol. The second kappa shape index (κ2) is 7.42. The largest absolute Gasteiger partial charge is 0.0622 e. The molecule has 1 aliphatic rings. The van der Waals surface area contributed by atoms with Gasteiger partial charge in [-0.1, -0.05) is 135 Å². The Labute approximate surface area is 206 Å². The third-order valence-electron chi connectivity index (χ3n) is 7.87. The summed E-state index contributed by atoms with van der Waals surface area (Å²) in [5, 5.41) is 5.38. The van der Waals surface area contributed by atoms with Crippen molar-refractivity contribution in [2.24, 2.45) is 0 Å². The summed E-state index contributed by atoms with van der Waals surface area (Å²) in [5.41, 5.74) is 10.6. The first-order valence-electron chi connectivity index (χ1n) is 12.4. The van der Waals surface area contributed by atoms with Crippen LogP contribution in [0.1, 0.15) is 25.0 Å². The highest BCUT2D eigenvalue weighted by molar-refractivity contribution is 6.23. The summed E-state index contributed by atoms with van der Waals surface area (Å²) in [6.45, 7) is 4.74. The van der Waals surface area contributed by atoms with E-state index in [0.717, 1.165) is 0 Å². The molecule has 0 N–H and O–H groups in total. The van der Waals surface area contributed by atoms with Crippen molar-refractivity contribution in [2.45, 2.75) is 19.3 Å². The summed E-state index contributed by atoms with van der Waals surface area (Å²) in [5.74, 6) is 0. The first-order chi connectivity index (χ1) is 17.1. The highest BCUT2D eigenvalue weighted by Crippen LogP contribution is 2.53. The maximum Gasteiger partial charge on any atom is 0.0159 e. The number of hydrogen-bond acceptors (Lipinski definition) is 0. The van der Waals surface area contributed by atoms with Gasteiger partial charge >= 0.3 is 0 Å². The molecule has 166 valence electrons. The Balaban J connectivity index is 1.59. The van der Waals surface area contributed by atoms with Gasteiger partial charge in [0.05, 0.1) is 0 Å². The Morgan fingerprint density at radius 3 is 1.71 bits per heavy atom. The van der Waals surface area contributed by atoms with Crippen LogP contribution < -0.4 is 0 Å². The zero-order chi connectivity index (χ0) is 23.6. The summed E-state index contributed by atoms with van der Waals surface area (Å²) in [7, 11) is 0. The van der Waals surface area contributed by atoms with E-state index in [9.17, 15) is 0 Å². The highest BCUT2D eigenvalue weighted by atomic mass is 14.4. The van der Waals surface area contributed by atoms with Crippen LogP contribution in [0.25, 0.3) is 54.9 Å². The molecule has 0 saturated carbocycles. The molecule has 0 heteroatoms. The molecule has 0 aliphatic heterocycles. The van der Waals surface area contributed by atoms with Crippen LogP contribution in [0.5, 0.6) is 0 Å². The van der Waals surface area contributed by atoms with E-state index in [2.05, 4.69) is 135 Å². The van der Waals surface area contributed by atoms with Gasteiger partial charge in [0.1, 0.15) is 0 Å². The third-order valence-corrected chi connectivity index (χ3v) is 7.87. The topological polar surface area (TPSA) is 0 Å². The highest BCUT2D eigenvalue weighted by Gasteiger charge is 2.34. The van der Waals surface area contributed by atoms with E-state index < -0.39 is 0 Å². The van der Waals surface area contributed by atoms with Crippen LogP contribution in [0.3, 0.4) is 0 Å². The maximum absolute atomic E-state index is 2.37. The van der Waals surface area contributed by atoms with Crippen molar-refractivity contribution in [3.63, 3.8) is 0 Å². The fourth-order valence-corrected chi connectivity index (χ4v) is 6.19. The Morgan fingerprint density at radius 2 is 0.943 bits per heavy atom. The van der Waals surface area contributed by atoms with Crippen molar-refractivity contribution in [3.05, 3.63) is 132 Å². The van der Waals surface area contributed by atoms with Gasteiger partial charge in [0.15, 0.2) is 0 Å². The monoisotopic (exact) mass is 446 g/mol. The molecule has 0 radical (unpaired) electrons. The lowest BCUT2D eigenvalue weighted by Crippen LogP contribution is -2.23. The first-order valence-corrected chi connectivity index (χ1v) is 12.4. The van der Waals surface area contributed by atoms with Crippen molar-refractivity contribution in [2.75, 3.05) is 0 Å². The standard InChI is InChI=1S/C35H26/c1-35(2)30-17-9-8-15-28(30)33-27-14-7-6-13-26(27)32(29-16-10-18-31(35)34(29)33)25-21-19-24(20-22-25)23-11-4-3-5-12-23/h3-22H,1-2H3. The average Bonchev–Trinajstić information content (AvgIpc) is 2.91. The van der Waals surface area contributed by atoms with Gasteiger partial charge in [0, 0.05) is 5.41 Å². The Hall–Kier alpha value is -4.16. The Kier molecular flexibility index (Phi) is 4.29. The van der Waals surface area contributed by atoms with E-state index in [4.69, 9.17) is 0 Å². The van der Waals surface area contributed by atoms with Crippen molar-refractivity contribution in [1.29, 1.82) is 0 Å². The average molecular weight is 447 g/mol. The van der Waals surface area contributed by atoms with Crippen molar-refractivity contribution in [3.8, 4) is 33.4 Å². The van der Waals surface area contributed by atoms with Crippen LogP contribution in [0.15, 0.2) is 121 Å². The molecular weight excluding hydrogens is 420 g/mol. The quantitative estimate of drug-likeness (QED) is 0.232. The van der Waals surface area contributed by atoms with Crippen LogP contribution in [0.4, 0.5) is 0 Å². The lowest BCUT2D eigenvalue weighted by molar-refractivity contribution is 0.645. The Bertz CT molecular complexity index is 1740. The molecule has 1 aliphatic carbocycles. The van der Waals surface area contributed by atoms with E-state index in [1.165, 1.54) is 66.1 Å². The molecule has 35 heavy (non-hydrogen) atoms. The SMILES string of the molecule is CC1(C)c2ccccc2-c2c3ccccc3c(-c3ccc(-c4ccccc4)cc3)c3cccc1c23. The molecule has 6 aromatic rings. The molecule has 0 bridgehead atoms. The van der Waals surface area contributed by atoms with E-state index in [1.807, 2.05) is 0 Å². The van der Waals surface area contributed by atoms with Gasteiger partial charge in [0.2, 0.25) is 0 Å². The van der Waals surface area contributed by atoms with Gasteiger partial charge in [-0.05, 0) is 66.1 Å². The van der Waals surface area contributed by atoms with Crippen molar-refractivity contribution < 1.29 is 0 Å². The summed E-state index contributed by atoms with van der Waals surface area (Å²) in [6, 6.07) is 44.5. The molecule has 6 aromatic carbocycles. The summed E-state index contributed by atoms with van der Waals surface area (Å²) >= 11 is 0. The van der Waals surface area contributed by atoms with Crippen LogP contribution in [0.2, 0.25) is 0 Å². The normalized spacial score (nSPS) is 13.7. The third kappa shape index (κ3) is 2.87. The molecule has 0 spiro atoms. The van der Waals surface area contributed by atoms with Crippen LogP contribution in [-0.2, 0) is 5.41 Å². The molecule has 0 nitrogen and oxygen atoms in total. The maximum atomic E-state index is 2.37. The molecule has 0 saturated heterocycles. The lowest BCUT2D eigenvalue weighted by Gasteiger charge is -2.36. The molecule has 0 unspecified atom stereocenters. The van der Waals surface area contributed by atoms with Gasteiger partial charge in [0.25, 0.3) is 0 Å². The lowest BCUT2D eigenvalue weighted by atomic mass is 9.67. The van der Waals surface area contributed by atoms with E-state index >= 15 is 0 Å². The van der Waals surface area contributed by atoms with Gasteiger partial charge < -0.3 is 0 Å². The van der Waals surface area contributed by atoms with Gasteiger partial charge in [-0.25, -0.2) is 0 Å². The molecule has 0 aromatic heterocycles. The van der Waals surface area contributed by atoms with Crippen LogP contribution in [0, 0.1) is 0 Å². The van der Waals surface area contributed by atoms with Crippen LogP contribution in [-0.4, -0.2) is 0 Å². The van der Waals surface area contributed by atoms with Gasteiger partial charge in [-0.2, -0.15) is 0 Å². The second-order valence-electron chi connectivity index (χ2n) is 10.1. The summed E-state index contributed by atoms with van der Waals surface area (Å²) in [4.78, 5) is 0. The van der Waals surface area contributed by atoms with Crippen molar-refractivity contribution in [1.82, 2.24) is 0 Å². The van der Waals surface area contributed by atoms with Crippen LogP contribution >= 0.6 is 0 Å². The van der Waals surface area contributed by atoms with Gasteiger partial charge in [-0.15, -0.1) is 0 Å². The van der Waals surface area contributed by atoms with E-state index in [-0.39, 0.29) is 5.41 Å². The fraction of sp³-hybridized carbons (Fsp3) is 0.0857. The predicted octanol–water partition coefficient (Wildman–Crippen LogP) is 9.63. The van der Waals surface area contributed by atoms with Crippen molar-refractivity contribution >= 4 is 21.5 Å². The Morgan fingerprint density at radius 1 is 0.400 bits per heavy atom.